The molecule has 0 atom stereocenters. The van der Waals surface area contributed by atoms with Crippen LogP contribution in [-0.4, -0.2) is 9.78 Å². The van der Waals surface area contributed by atoms with Gasteiger partial charge in [0, 0.05) is 11.8 Å². The molecule has 0 fully saturated rings. The highest BCUT2D eigenvalue weighted by Crippen LogP contribution is 2.31. The molecule has 14 heavy (non-hydrogen) atoms. The quantitative estimate of drug-likeness (QED) is 0.641. The lowest BCUT2D eigenvalue weighted by Crippen LogP contribution is -2.20. The molecule has 2 aliphatic rings. The molecule has 1 aliphatic heterocycles. The Hall–Kier alpha value is -1.03. The van der Waals surface area contributed by atoms with Gasteiger partial charge in [0.05, 0.1) is 6.54 Å². The van der Waals surface area contributed by atoms with Gasteiger partial charge in [0.2, 0.25) is 0 Å². The van der Waals surface area contributed by atoms with E-state index in [1.807, 2.05) is 6.07 Å². The molecule has 0 amide bonds. The molecule has 1 aromatic heterocycles. The molecule has 0 spiro atoms. The molecule has 4 heteroatoms. The fraction of sp³-hybridized carbons (Fsp3) is 0.500. The summed E-state index contributed by atoms with van der Waals surface area (Å²) in [6.07, 6.45) is 5.09. The highest BCUT2D eigenvalue weighted by molar-refractivity contribution is 7.71. The van der Waals surface area contributed by atoms with Crippen LogP contribution in [0.25, 0.3) is 0 Å². The number of hydrogen-bond donors (Lipinski definition) is 2. The van der Waals surface area contributed by atoms with E-state index in [2.05, 4.69) is 15.1 Å². The van der Waals surface area contributed by atoms with Crippen LogP contribution < -0.4 is 5.32 Å². The second kappa shape index (κ2) is 2.98. The van der Waals surface area contributed by atoms with Crippen molar-refractivity contribution in [3.63, 3.8) is 0 Å². The predicted molar refractivity (Wildman–Crippen MR) is 58.7 cm³/mol. The van der Waals surface area contributed by atoms with Crippen molar-refractivity contribution in [2.45, 2.75) is 32.2 Å². The zero-order valence-corrected chi connectivity index (χ0v) is 8.78. The second-order valence-corrected chi connectivity index (χ2v) is 4.45. The second-order valence-electron chi connectivity index (χ2n) is 4.01. The van der Waals surface area contributed by atoms with Gasteiger partial charge in [-0.15, -0.1) is 0 Å². The van der Waals surface area contributed by atoms with E-state index in [-0.39, 0.29) is 0 Å². The molecule has 0 unspecified atom stereocenters. The minimum absolute atomic E-state index is 0.812. The maximum absolute atomic E-state index is 5.11. The highest BCUT2D eigenvalue weighted by Gasteiger charge is 2.19. The first kappa shape index (κ1) is 8.29. The number of allylic oxidation sites excluding steroid dienone is 2. The van der Waals surface area contributed by atoms with E-state index < -0.39 is 0 Å². The summed E-state index contributed by atoms with van der Waals surface area (Å²) in [6, 6.07) is 1.99. The van der Waals surface area contributed by atoms with E-state index in [0.29, 0.717) is 0 Å². The third-order valence-electron chi connectivity index (χ3n) is 3.01. The first-order chi connectivity index (χ1) is 6.83. The average Bonchev–Trinajstić information content (AvgIpc) is 2.53. The van der Waals surface area contributed by atoms with Crippen LogP contribution in [0, 0.1) is 4.64 Å². The highest BCUT2D eigenvalue weighted by atomic mass is 32.1. The molecule has 3 nitrogen and oxygen atoms in total. The number of hydrogen-bond acceptors (Lipinski definition) is 2. The normalized spacial score (nSPS) is 20.0. The Labute approximate surface area is 87.8 Å². The van der Waals surface area contributed by atoms with E-state index in [1.54, 1.807) is 5.57 Å². The van der Waals surface area contributed by atoms with E-state index in [0.717, 1.165) is 17.0 Å². The molecular weight excluding hydrogens is 194 g/mol. The maximum Gasteiger partial charge on any atom is 0.128 e. The molecule has 0 bridgehead atoms. The maximum atomic E-state index is 5.11. The van der Waals surface area contributed by atoms with Gasteiger partial charge in [-0.2, -0.15) is 0 Å². The van der Waals surface area contributed by atoms with Gasteiger partial charge in [-0.3, -0.25) is 9.78 Å². The van der Waals surface area contributed by atoms with Gasteiger partial charge in [-0.05, 0) is 31.3 Å². The van der Waals surface area contributed by atoms with Crippen molar-refractivity contribution in [3.8, 4) is 0 Å². The van der Waals surface area contributed by atoms with Crippen molar-refractivity contribution < 1.29 is 0 Å². The number of fused-ring (bicyclic) bond motifs is 1. The molecule has 0 aromatic carbocycles. The van der Waals surface area contributed by atoms with E-state index in [9.17, 15) is 0 Å². The Morgan fingerprint density at radius 2 is 2.14 bits per heavy atom. The van der Waals surface area contributed by atoms with Crippen LogP contribution in [0.3, 0.4) is 0 Å². The van der Waals surface area contributed by atoms with Crippen LogP contribution in [-0.2, 0) is 6.54 Å². The first-order valence-corrected chi connectivity index (χ1v) is 5.51. The number of aromatic nitrogens is 2. The monoisotopic (exact) mass is 207 g/mol. The van der Waals surface area contributed by atoms with Crippen LogP contribution in [0.15, 0.2) is 17.3 Å². The molecule has 3 rings (SSSR count). The molecular formula is C10H13N3S. The number of anilines is 1. The fourth-order valence-electron chi connectivity index (χ4n) is 2.29. The molecule has 2 N–H and O–H groups in total. The third kappa shape index (κ3) is 1.21. The van der Waals surface area contributed by atoms with Crippen LogP contribution >= 0.6 is 12.2 Å². The first-order valence-electron chi connectivity index (χ1n) is 5.11. The lowest BCUT2D eigenvalue weighted by molar-refractivity contribution is 0.576. The van der Waals surface area contributed by atoms with Crippen molar-refractivity contribution in [1.29, 1.82) is 0 Å². The van der Waals surface area contributed by atoms with Gasteiger partial charge in [-0.25, -0.2) is 0 Å². The summed E-state index contributed by atoms with van der Waals surface area (Å²) in [5, 5.41) is 6.63. The number of H-pyrrole nitrogens is 1. The Balaban J connectivity index is 2.01. The minimum Gasteiger partial charge on any atom is -0.344 e. The Morgan fingerprint density at radius 1 is 1.29 bits per heavy atom. The van der Waals surface area contributed by atoms with E-state index >= 15 is 0 Å². The molecule has 1 aromatic rings. The van der Waals surface area contributed by atoms with Gasteiger partial charge < -0.3 is 5.32 Å². The standard InChI is InChI=1S/C10H13N3S/c14-10-5-9-11-8-4-2-1-3-7(8)6-13(9)12-10/h5,11H,1-4,6H2,(H,12,14). The predicted octanol–water partition coefficient (Wildman–Crippen LogP) is 2.80. The average molecular weight is 207 g/mol. The number of rotatable bonds is 0. The van der Waals surface area contributed by atoms with Crippen molar-refractivity contribution in [3.05, 3.63) is 22.0 Å². The lowest BCUT2D eigenvalue weighted by atomic mass is 9.95. The molecule has 74 valence electrons. The van der Waals surface area contributed by atoms with Crippen LogP contribution in [0.1, 0.15) is 25.7 Å². The number of aromatic amines is 1. The lowest BCUT2D eigenvalue weighted by Gasteiger charge is -2.27. The van der Waals surface area contributed by atoms with E-state index in [4.69, 9.17) is 12.2 Å². The fourth-order valence-corrected chi connectivity index (χ4v) is 2.52. The molecule has 1 aliphatic carbocycles. The summed E-state index contributed by atoms with van der Waals surface area (Å²) in [7, 11) is 0. The topological polar surface area (TPSA) is 32.8 Å². The smallest absolute Gasteiger partial charge is 0.128 e. The Bertz CT molecular complexity index is 414. The summed E-state index contributed by atoms with van der Waals surface area (Å²) in [4.78, 5) is 0. The van der Waals surface area contributed by atoms with E-state index in [1.165, 1.54) is 31.4 Å². The third-order valence-corrected chi connectivity index (χ3v) is 3.22. The van der Waals surface area contributed by atoms with Crippen molar-refractivity contribution >= 4 is 18.0 Å². The van der Waals surface area contributed by atoms with Gasteiger partial charge in [0.15, 0.2) is 0 Å². The number of nitrogens with one attached hydrogen (secondary N) is 2. The zero-order chi connectivity index (χ0) is 9.54. The summed E-state index contributed by atoms with van der Waals surface area (Å²) in [5.41, 5.74) is 2.98. The summed E-state index contributed by atoms with van der Waals surface area (Å²) < 4.78 is 2.92. The molecule has 0 saturated heterocycles. The van der Waals surface area contributed by atoms with Crippen molar-refractivity contribution in [2.75, 3.05) is 5.32 Å². The van der Waals surface area contributed by atoms with Gasteiger partial charge in [0.1, 0.15) is 10.5 Å². The summed E-state index contributed by atoms with van der Waals surface area (Å²) >= 11 is 5.11. The Kier molecular flexibility index (Phi) is 1.77. The van der Waals surface area contributed by atoms with Crippen LogP contribution in [0.2, 0.25) is 0 Å². The summed E-state index contributed by atoms with van der Waals surface area (Å²) in [5.74, 6) is 1.12. The van der Waals surface area contributed by atoms with Crippen molar-refractivity contribution in [1.82, 2.24) is 9.78 Å². The van der Waals surface area contributed by atoms with Gasteiger partial charge in [0.25, 0.3) is 0 Å². The SMILES string of the molecule is S=c1cc2n([nH]1)CC1=C(CCCC1)N2. The van der Waals surface area contributed by atoms with Gasteiger partial charge >= 0.3 is 0 Å². The minimum atomic E-state index is 0.812. The molecule has 2 heterocycles. The van der Waals surface area contributed by atoms with Gasteiger partial charge in [-0.1, -0.05) is 12.2 Å². The van der Waals surface area contributed by atoms with Crippen LogP contribution in [0.5, 0.6) is 0 Å². The molecule has 0 saturated carbocycles. The Morgan fingerprint density at radius 3 is 3.07 bits per heavy atom. The van der Waals surface area contributed by atoms with Crippen molar-refractivity contribution in [2.24, 2.45) is 0 Å². The number of nitrogens with zero attached hydrogens (tertiary/aromatic N) is 1. The van der Waals surface area contributed by atoms with Crippen LogP contribution in [0.4, 0.5) is 5.82 Å². The zero-order valence-electron chi connectivity index (χ0n) is 7.97. The molecule has 0 radical (unpaired) electrons. The summed E-state index contributed by atoms with van der Waals surface area (Å²) in [6.45, 7) is 0.994. The largest absolute Gasteiger partial charge is 0.344 e.